The molecule has 0 saturated heterocycles. The van der Waals surface area contributed by atoms with Gasteiger partial charge in [-0.05, 0) is 66.7 Å². The molecule has 1 aliphatic rings. The Hall–Kier alpha value is -4.59. The number of ketones is 2. The predicted octanol–water partition coefficient (Wildman–Crippen LogP) is 8.34. The summed E-state index contributed by atoms with van der Waals surface area (Å²) in [6, 6.07) is 36.2. The highest BCUT2D eigenvalue weighted by Gasteiger charge is 2.35. The molecule has 0 N–H and O–H groups in total. The Bertz CT molecular complexity index is 1740. The van der Waals surface area contributed by atoms with Gasteiger partial charge in [0, 0.05) is 41.8 Å². The second-order valence-corrected chi connectivity index (χ2v) is 11.0. The summed E-state index contributed by atoms with van der Waals surface area (Å²) in [6.07, 6.45) is -0.942. The molecule has 0 aliphatic heterocycles. The van der Waals surface area contributed by atoms with Crippen LogP contribution in [0, 0.1) is 0 Å². The predicted molar refractivity (Wildman–Crippen MR) is 154 cm³/mol. The van der Waals surface area contributed by atoms with Crippen LogP contribution in [0.3, 0.4) is 0 Å². The molecule has 5 nitrogen and oxygen atoms in total. The molecule has 6 rings (SSSR count). The summed E-state index contributed by atoms with van der Waals surface area (Å²) < 4.78 is 10.6. The van der Waals surface area contributed by atoms with Gasteiger partial charge in [-0.15, -0.1) is 0 Å². The van der Waals surface area contributed by atoms with E-state index in [0.717, 1.165) is 9.79 Å². The van der Waals surface area contributed by atoms with E-state index in [0.29, 0.717) is 26.7 Å². The quantitative estimate of drug-likeness (QED) is 0.150. The molecule has 0 unspecified atom stereocenters. The highest BCUT2D eigenvalue weighted by molar-refractivity contribution is 8.00. The van der Waals surface area contributed by atoms with Crippen molar-refractivity contribution in [1.82, 2.24) is 0 Å². The Morgan fingerprint density at radius 2 is 0.975 bits per heavy atom. The van der Waals surface area contributed by atoms with Crippen molar-refractivity contribution in [2.75, 3.05) is 0 Å². The van der Waals surface area contributed by atoms with Gasteiger partial charge in [-0.1, -0.05) is 78.1 Å². The largest absolute Gasteiger partial charge is 0.519 e. The molecule has 7 heteroatoms. The van der Waals surface area contributed by atoms with Crippen LogP contribution >= 0.6 is 23.5 Å². The van der Waals surface area contributed by atoms with Crippen LogP contribution in [0.2, 0.25) is 0 Å². The zero-order valence-corrected chi connectivity index (χ0v) is 22.5. The first-order valence-corrected chi connectivity index (χ1v) is 14.0. The molecule has 0 fully saturated rings. The van der Waals surface area contributed by atoms with E-state index in [1.165, 1.54) is 41.7 Å². The summed E-state index contributed by atoms with van der Waals surface area (Å²) >= 11 is 2.87. The van der Waals surface area contributed by atoms with Crippen LogP contribution in [0.1, 0.15) is 31.8 Å². The smallest absolute Gasteiger partial charge is 0.395 e. The zero-order chi connectivity index (χ0) is 27.5. The molecule has 5 aromatic carbocycles. The molecule has 0 radical (unpaired) electrons. The number of carbonyl (C=O) groups is 3. The maximum Gasteiger partial charge on any atom is 0.519 e. The van der Waals surface area contributed by atoms with Crippen molar-refractivity contribution < 1.29 is 23.9 Å². The lowest BCUT2D eigenvalue weighted by Crippen LogP contribution is -2.23. The molecule has 194 valence electrons. The average molecular weight is 561 g/mol. The van der Waals surface area contributed by atoms with Gasteiger partial charge in [-0.3, -0.25) is 9.59 Å². The second-order valence-electron chi connectivity index (χ2n) is 8.77. The molecular weight excluding hydrogens is 540 g/mol. The van der Waals surface area contributed by atoms with Crippen molar-refractivity contribution >= 4 is 41.2 Å². The number of carbonyl (C=O) groups excluding carboxylic acids is 3. The van der Waals surface area contributed by atoms with Crippen LogP contribution in [0.4, 0.5) is 4.79 Å². The van der Waals surface area contributed by atoms with Crippen molar-refractivity contribution in [1.29, 1.82) is 0 Å². The lowest BCUT2D eigenvalue weighted by atomic mass is 9.84. The van der Waals surface area contributed by atoms with Gasteiger partial charge < -0.3 is 9.47 Å². The van der Waals surface area contributed by atoms with Crippen molar-refractivity contribution in [3.8, 4) is 11.5 Å². The average Bonchev–Trinajstić information content (AvgIpc) is 2.98. The number of para-hydroxylation sites is 1. The van der Waals surface area contributed by atoms with Gasteiger partial charge in [-0.25, -0.2) is 4.79 Å². The van der Waals surface area contributed by atoms with Gasteiger partial charge in [0.2, 0.25) is 0 Å². The van der Waals surface area contributed by atoms with Crippen LogP contribution in [-0.2, 0) is 0 Å². The van der Waals surface area contributed by atoms with Crippen LogP contribution < -0.4 is 9.47 Å². The molecule has 0 atom stereocenters. The Labute approximate surface area is 239 Å². The minimum absolute atomic E-state index is 0.108. The number of benzene rings is 5. The van der Waals surface area contributed by atoms with Crippen molar-refractivity contribution in [2.24, 2.45) is 0 Å². The van der Waals surface area contributed by atoms with E-state index >= 15 is 0 Å². The van der Waals surface area contributed by atoms with E-state index in [-0.39, 0.29) is 28.4 Å². The fraction of sp³-hybridized carbons (Fsp3) is 0. The highest BCUT2D eigenvalue weighted by atomic mass is 32.2. The first-order valence-electron chi connectivity index (χ1n) is 12.4. The SMILES string of the molecule is O=C(Oc1ccccc1)Oc1ccc2c(c1)C(=O)c1c(Sc3ccccc3)ccc(Sc3ccccc3)c1C2=O. The van der Waals surface area contributed by atoms with E-state index in [2.05, 4.69) is 0 Å². The monoisotopic (exact) mass is 560 g/mol. The molecule has 40 heavy (non-hydrogen) atoms. The number of hydrogen-bond donors (Lipinski definition) is 0. The first kappa shape index (κ1) is 25.7. The number of fused-ring (bicyclic) bond motifs is 2. The molecule has 0 amide bonds. The van der Waals surface area contributed by atoms with E-state index < -0.39 is 6.16 Å². The fourth-order valence-corrected chi connectivity index (χ4v) is 6.32. The Morgan fingerprint density at radius 3 is 1.52 bits per heavy atom. The standard InChI is InChI=1S/C33H20O5S2/c34-31-25-17-16-22(38-33(36)37-21-10-4-1-5-11-21)20-26(25)32(35)30-28(40-24-14-8-3-9-15-24)19-18-27(29(30)31)39-23-12-6-2-7-13-23/h1-20H. The minimum atomic E-state index is -0.942. The van der Waals surface area contributed by atoms with Gasteiger partial charge in [0.05, 0.1) is 0 Å². The topological polar surface area (TPSA) is 69.7 Å². The van der Waals surface area contributed by atoms with Crippen LogP contribution in [0.25, 0.3) is 0 Å². The summed E-state index contributed by atoms with van der Waals surface area (Å²) in [4.78, 5) is 43.6. The third kappa shape index (κ3) is 5.30. The van der Waals surface area contributed by atoms with E-state index in [4.69, 9.17) is 9.47 Å². The van der Waals surface area contributed by atoms with Gasteiger partial charge in [0.15, 0.2) is 11.6 Å². The number of ether oxygens (including phenoxy) is 2. The molecule has 5 aromatic rings. The van der Waals surface area contributed by atoms with Gasteiger partial charge >= 0.3 is 6.16 Å². The summed E-state index contributed by atoms with van der Waals surface area (Å²) in [6.45, 7) is 0. The zero-order valence-electron chi connectivity index (χ0n) is 20.9. The molecule has 0 bridgehead atoms. The van der Waals surface area contributed by atoms with E-state index in [1.807, 2.05) is 72.8 Å². The third-order valence-electron chi connectivity index (χ3n) is 6.15. The van der Waals surface area contributed by atoms with E-state index in [9.17, 15) is 14.4 Å². The normalized spacial score (nSPS) is 11.9. The molecule has 0 saturated carbocycles. The van der Waals surface area contributed by atoms with Crippen molar-refractivity contribution in [3.63, 3.8) is 0 Å². The summed E-state index contributed by atoms with van der Waals surface area (Å²) in [5.41, 5.74) is 1.16. The minimum Gasteiger partial charge on any atom is -0.395 e. The number of rotatable bonds is 6. The van der Waals surface area contributed by atoms with Crippen LogP contribution in [0.15, 0.2) is 141 Å². The maximum absolute atomic E-state index is 14.1. The van der Waals surface area contributed by atoms with Crippen molar-refractivity contribution in [3.05, 3.63) is 144 Å². The van der Waals surface area contributed by atoms with Gasteiger partial charge in [0.1, 0.15) is 11.5 Å². The van der Waals surface area contributed by atoms with Crippen LogP contribution in [-0.4, -0.2) is 17.7 Å². The Balaban J connectivity index is 1.38. The molecule has 1 aliphatic carbocycles. The molecular formula is C33H20O5S2. The van der Waals surface area contributed by atoms with Crippen molar-refractivity contribution in [2.45, 2.75) is 19.6 Å². The lowest BCUT2D eigenvalue weighted by molar-refractivity contribution is 0.0974. The Morgan fingerprint density at radius 1 is 0.500 bits per heavy atom. The molecule has 0 heterocycles. The van der Waals surface area contributed by atoms with Crippen LogP contribution in [0.5, 0.6) is 11.5 Å². The lowest BCUT2D eigenvalue weighted by Gasteiger charge is -2.23. The summed E-state index contributed by atoms with van der Waals surface area (Å²) in [7, 11) is 0. The first-order chi connectivity index (χ1) is 19.6. The van der Waals surface area contributed by atoms with E-state index in [1.54, 1.807) is 30.3 Å². The summed E-state index contributed by atoms with van der Waals surface area (Å²) in [5.74, 6) is -0.120. The third-order valence-corrected chi connectivity index (χ3v) is 8.29. The number of hydrogen-bond acceptors (Lipinski definition) is 7. The fourth-order valence-electron chi connectivity index (χ4n) is 4.36. The highest BCUT2D eigenvalue weighted by Crippen LogP contribution is 2.43. The van der Waals surface area contributed by atoms with Gasteiger partial charge in [-0.2, -0.15) is 0 Å². The molecule has 0 spiro atoms. The second kappa shape index (κ2) is 11.3. The summed E-state index contributed by atoms with van der Waals surface area (Å²) in [5, 5.41) is 0. The molecule has 0 aromatic heterocycles. The van der Waals surface area contributed by atoms with Gasteiger partial charge in [0.25, 0.3) is 0 Å². The maximum atomic E-state index is 14.1. The Kier molecular flexibility index (Phi) is 7.23.